The lowest BCUT2D eigenvalue weighted by Crippen LogP contribution is -2.17. The highest BCUT2D eigenvalue weighted by Crippen LogP contribution is 2.50. The second-order valence-corrected chi connectivity index (χ2v) is 20.5. The molecule has 0 amide bonds. The average Bonchev–Trinajstić information content (AvgIpc) is 3.31. The van der Waals surface area contributed by atoms with E-state index >= 15 is 0 Å². The van der Waals surface area contributed by atoms with Crippen molar-refractivity contribution in [1.29, 1.82) is 0 Å². The molecule has 0 heterocycles. The molecule has 0 atom stereocenters. The fourth-order valence-corrected chi connectivity index (χ4v) is 9.89. The number of nitrogens with zero attached hydrogens (tertiary/aromatic N) is 2. The summed E-state index contributed by atoms with van der Waals surface area (Å²) >= 11 is 0. The molecular weight excluding hydrogens is 797 g/mol. The first-order chi connectivity index (χ1) is 31.7. The minimum Gasteiger partial charge on any atom is -0.309 e. The lowest BCUT2D eigenvalue weighted by atomic mass is 9.85. The van der Waals surface area contributed by atoms with Gasteiger partial charge in [0.05, 0.1) is 11.4 Å². The van der Waals surface area contributed by atoms with E-state index in [0.717, 1.165) is 0 Å². The van der Waals surface area contributed by atoms with Crippen molar-refractivity contribution in [2.75, 3.05) is 9.80 Å². The van der Waals surface area contributed by atoms with Gasteiger partial charge in [-0.3, -0.25) is 0 Å². The molecule has 0 saturated carbocycles. The zero-order chi connectivity index (χ0) is 46.1. The fraction of sp³-hybridized carbons (Fsp3) is 0.188. The zero-order valence-electron chi connectivity index (χ0n) is 40.2. The fourth-order valence-electron chi connectivity index (χ4n) is 9.89. The molecule has 2 heteroatoms. The summed E-state index contributed by atoms with van der Waals surface area (Å²) in [6.07, 6.45) is 0. The number of aryl methyl sites for hydroxylation is 4. The Bertz CT molecular complexity index is 3190. The SMILES string of the molecule is Cc1ccc(-c2ccccc2)cc1N(c1cc(C(C)(C)C)ccc1C)c1ccc2ccc3c(N(c4cc(-c5ccccc5)ccc4C)c4cc(C(C)(C)C)ccc4C)ccc4ccc1c2c43. The van der Waals surface area contributed by atoms with Crippen LogP contribution >= 0.6 is 0 Å². The molecule has 2 nitrogen and oxygen atoms in total. The van der Waals surface area contributed by atoms with Crippen molar-refractivity contribution in [2.45, 2.75) is 80.1 Å². The van der Waals surface area contributed by atoms with Crippen LogP contribution in [-0.4, -0.2) is 0 Å². The van der Waals surface area contributed by atoms with Gasteiger partial charge >= 0.3 is 0 Å². The maximum atomic E-state index is 2.55. The molecule has 0 radical (unpaired) electrons. The van der Waals surface area contributed by atoms with Crippen LogP contribution in [0.1, 0.15) is 74.9 Å². The van der Waals surface area contributed by atoms with Crippen LogP contribution in [0.5, 0.6) is 0 Å². The first-order valence-electron chi connectivity index (χ1n) is 23.5. The molecule has 0 aromatic heterocycles. The highest BCUT2D eigenvalue weighted by atomic mass is 15.2. The normalized spacial score (nSPS) is 12.1. The van der Waals surface area contributed by atoms with Crippen molar-refractivity contribution in [3.05, 3.63) is 215 Å². The Morgan fingerprint density at radius 3 is 0.985 bits per heavy atom. The first-order valence-corrected chi connectivity index (χ1v) is 23.5. The van der Waals surface area contributed by atoms with Crippen LogP contribution in [0.25, 0.3) is 54.6 Å². The predicted molar refractivity (Wildman–Crippen MR) is 287 cm³/mol. The molecule has 0 saturated heterocycles. The zero-order valence-corrected chi connectivity index (χ0v) is 40.2. The maximum absolute atomic E-state index is 2.55. The van der Waals surface area contributed by atoms with E-state index in [1.165, 1.54) is 122 Å². The van der Waals surface area contributed by atoms with Crippen molar-refractivity contribution >= 4 is 66.4 Å². The number of hydrogen-bond donors (Lipinski definition) is 0. The van der Waals surface area contributed by atoms with Crippen LogP contribution in [0.3, 0.4) is 0 Å². The van der Waals surface area contributed by atoms with Gasteiger partial charge in [-0.15, -0.1) is 0 Å². The quantitative estimate of drug-likeness (QED) is 0.141. The van der Waals surface area contributed by atoms with Crippen LogP contribution in [0, 0.1) is 27.7 Å². The van der Waals surface area contributed by atoms with Crippen molar-refractivity contribution in [3.63, 3.8) is 0 Å². The van der Waals surface area contributed by atoms with Crippen molar-refractivity contribution in [1.82, 2.24) is 0 Å². The molecule has 0 aliphatic rings. The van der Waals surface area contributed by atoms with Crippen molar-refractivity contribution < 1.29 is 0 Å². The first kappa shape index (κ1) is 42.8. The molecule has 0 spiro atoms. The van der Waals surface area contributed by atoms with Gasteiger partial charge in [-0.2, -0.15) is 0 Å². The number of benzene rings is 10. The van der Waals surface area contributed by atoms with E-state index in [-0.39, 0.29) is 10.8 Å². The van der Waals surface area contributed by atoms with Gasteiger partial charge in [-0.1, -0.05) is 187 Å². The molecule has 0 unspecified atom stereocenters. The Morgan fingerprint density at radius 2 is 0.621 bits per heavy atom. The van der Waals surface area contributed by atoms with E-state index in [2.05, 4.69) is 261 Å². The highest BCUT2D eigenvalue weighted by molar-refractivity contribution is 6.28. The van der Waals surface area contributed by atoms with Crippen LogP contribution < -0.4 is 9.80 Å². The molecule has 0 fully saturated rings. The summed E-state index contributed by atoms with van der Waals surface area (Å²) in [5, 5.41) is 7.49. The summed E-state index contributed by atoms with van der Waals surface area (Å²) < 4.78 is 0. The van der Waals surface area contributed by atoms with Gasteiger partial charge in [0.2, 0.25) is 0 Å². The summed E-state index contributed by atoms with van der Waals surface area (Å²) in [6.45, 7) is 22.9. The maximum Gasteiger partial charge on any atom is 0.0540 e. The van der Waals surface area contributed by atoms with Gasteiger partial charge in [0.15, 0.2) is 0 Å². The summed E-state index contributed by atoms with van der Waals surface area (Å²) in [7, 11) is 0. The van der Waals surface area contributed by atoms with E-state index in [9.17, 15) is 0 Å². The van der Waals surface area contributed by atoms with Crippen LogP contribution in [-0.2, 0) is 10.8 Å². The second kappa shape index (κ2) is 16.4. The van der Waals surface area contributed by atoms with Gasteiger partial charge in [0.25, 0.3) is 0 Å². The van der Waals surface area contributed by atoms with E-state index in [0.29, 0.717) is 0 Å². The van der Waals surface area contributed by atoms with Crippen molar-refractivity contribution in [3.8, 4) is 22.3 Å². The Labute approximate surface area is 392 Å². The molecule has 0 aliphatic carbocycles. The van der Waals surface area contributed by atoms with Gasteiger partial charge in [-0.25, -0.2) is 0 Å². The summed E-state index contributed by atoms with van der Waals surface area (Å²) in [6, 6.07) is 68.3. The van der Waals surface area contributed by atoms with Gasteiger partial charge in [0, 0.05) is 33.5 Å². The standard InChI is InChI=1S/C64H60N2/c1-41-21-25-49(45-17-13-11-14-18-45)37-57(41)65(59-39-51(63(5,6)7)31-23-43(59)3)55-35-29-47-28-34-54-56(36-30-48-27-33-53(55)61(47)62(48)54)66(60-40-52(64(8,9)10)32-24-44(60)4)58-38-50(26-22-42(58)2)46-19-15-12-16-20-46/h11-40H,1-10H3. The summed E-state index contributed by atoms with van der Waals surface area (Å²) in [5.41, 5.74) is 19.4. The third kappa shape index (κ3) is 7.59. The topological polar surface area (TPSA) is 6.48 Å². The summed E-state index contributed by atoms with van der Waals surface area (Å²) in [5.74, 6) is 0. The van der Waals surface area contributed by atoms with E-state index < -0.39 is 0 Å². The van der Waals surface area contributed by atoms with E-state index in [1.807, 2.05) is 0 Å². The third-order valence-corrected chi connectivity index (χ3v) is 13.8. The molecular formula is C64H60N2. The monoisotopic (exact) mass is 856 g/mol. The molecule has 10 aromatic rings. The Hall–Kier alpha value is -7.16. The van der Waals surface area contributed by atoms with Crippen LogP contribution in [0.2, 0.25) is 0 Å². The Kier molecular flexibility index (Phi) is 10.6. The van der Waals surface area contributed by atoms with Gasteiger partial charge < -0.3 is 9.80 Å². The van der Waals surface area contributed by atoms with Crippen molar-refractivity contribution in [2.24, 2.45) is 0 Å². The van der Waals surface area contributed by atoms with Gasteiger partial charge in [-0.05, 0) is 152 Å². The smallest absolute Gasteiger partial charge is 0.0540 e. The van der Waals surface area contributed by atoms with E-state index in [4.69, 9.17) is 0 Å². The second-order valence-electron chi connectivity index (χ2n) is 20.5. The molecule has 10 rings (SSSR count). The predicted octanol–water partition coefficient (Wildman–Crippen LogP) is 18.7. The third-order valence-electron chi connectivity index (χ3n) is 13.8. The number of hydrogen-bond acceptors (Lipinski definition) is 2. The lowest BCUT2D eigenvalue weighted by Gasteiger charge is -2.33. The average molecular weight is 857 g/mol. The van der Waals surface area contributed by atoms with Crippen LogP contribution in [0.15, 0.2) is 182 Å². The molecule has 66 heavy (non-hydrogen) atoms. The molecule has 0 bridgehead atoms. The Morgan fingerprint density at radius 1 is 0.288 bits per heavy atom. The minimum absolute atomic E-state index is 0.0241. The van der Waals surface area contributed by atoms with Crippen LogP contribution in [0.4, 0.5) is 34.1 Å². The number of anilines is 6. The molecule has 0 N–H and O–H groups in total. The minimum atomic E-state index is -0.0241. The Balaban J connectivity index is 1.26. The highest BCUT2D eigenvalue weighted by Gasteiger charge is 2.27. The largest absolute Gasteiger partial charge is 0.309 e. The molecule has 326 valence electrons. The summed E-state index contributed by atoms with van der Waals surface area (Å²) in [4.78, 5) is 5.09. The number of rotatable bonds is 8. The van der Waals surface area contributed by atoms with E-state index in [1.54, 1.807) is 0 Å². The van der Waals surface area contributed by atoms with Gasteiger partial charge in [0.1, 0.15) is 0 Å². The molecule has 0 aliphatic heterocycles. The molecule has 10 aromatic carbocycles. The lowest BCUT2D eigenvalue weighted by molar-refractivity contribution is 0.590.